The second-order valence-corrected chi connectivity index (χ2v) is 7.59. The van der Waals surface area contributed by atoms with Crippen LogP contribution in [0.25, 0.3) is 0 Å². The summed E-state index contributed by atoms with van der Waals surface area (Å²) in [5.74, 6) is 2.01. The third kappa shape index (κ3) is 4.80. The van der Waals surface area contributed by atoms with E-state index in [4.69, 9.17) is 9.47 Å². The zero-order chi connectivity index (χ0) is 16.8. The van der Waals surface area contributed by atoms with E-state index in [0.717, 1.165) is 30.6 Å². The third-order valence-electron chi connectivity index (χ3n) is 5.84. The summed E-state index contributed by atoms with van der Waals surface area (Å²) in [6.45, 7) is 3.82. The molecule has 1 aromatic rings. The Morgan fingerprint density at radius 2 is 1.58 bits per heavy atom. The molecule has 1 saturated carbocycles. The Morgan fingerprint density at radius 1 is 0.917 bits per heavy atom. The van der Waals surface area contributed by atoms with Crippen LogP contribution in [-0.4, -0.2) is 13.2 Å². The van der Waals surface area contributed by atoms with Gasteiger partial charge in [-0.25, -0.2) is 4.39 Å². The molecule has 0 bridgehead atoms. The molecule has 3 heteroatoms. The molecule has 0 aromatic heterocycles. The van der Waals surface area contributed by atoms with E-state index in [1.54, 1.807) is 12.1 Å². The first-order valence-electron chi connectivity index (χ1n) is 9.75. The van der Waals surface area contributed by atoms with Crippen LogP contribution in [-0.2, 0) is 9.47 Å². The minimum atomic E-state index is -0.327. The number of hydrogen-bond donors (Lipinski definition) is 0. The minimum Gasteiger partial charge on any atom is -0.348 e. The van der Waals surface area contributed by atoms with Crippen LogP contribution in [0.5, 0.6) is 0 Å². The molecule has 1 aliphatic carbocycles. The molecule has 1 heterocycles. The summed E-state index contributed by atoms with van der Waals surface area (Å²) in [4.78, 5) is 0. The van der Waals surface area contributed by atoms with E-state index in [-0.39, 0.29) is 12.1 Å². The van der Waals surface area contributed by atoms with E-state index in [1.165, 1.54) is 63.5 Å². The van der Waals surface area contributed by atoms with Crippen molar-refractivity contribution >= 4 is 0 Å². The van der Waals surface area contributed by atoms with Gasteiger partial charge in [-0.1, -0.05) is 57.6 Å². The quantitative estimate of drug-likeness (QED) is 0.605. The average Bonchev–Trinajstić information content (AvgIpc) is 2.63. The fraction of sp³-hybridized carbons (Fsp3) is 0.714. The minimum absolute atomic E-state index is 0.219. The van der Waals surface area contributed by atoms with E-state index >= 15 is 0 Å². The predicted molar refractivity (Wildman–Crippen MR) is 94.1 cm³/mol. The van der Waals surface area contributed by atoms with Crippen molar-refractivity contribution in [1.29, 1.82) is 0 Å². The molecule has 0 radical (unpaired) electrons. The van der Waals surface area contributed by atoms with Gasteiger partial charge in [-0.3, -0.25) is 0 Å². The molecule has 1 aliphatic heterocycles. The van der Waals surface area contributed by atoms with Crippen LogP contribution in [0.15, 0.2) is 24.3 Å². The molecule has 24 heavy (non-hydrogen) atoms. The first-order valence-corrected chi connectivity index (χ1v) is 9.75. The lowest BCUT2D eigenvalue weighted by Crippen LogP contribution is -2.34. The van der Waals surface area contributed by atoms with Crippen molar-refractivity contribution in [2.45, 2.75) is 64.6 Å². The van der Waals surface area contributed by atoms with Crippen LogP contribution in [0.4, 0.5) is 4.39 Å². The summed E-state index contributed by atoms with van der Waals surface area (Å²) in [5.41, 5.74) is 0.912. The Morgan fingerprint density at radius 3 is 2.21 bits per heavy atom. The molecule has 2 nitrogen and oxygen atoms in total. The molecule has 0 unspecified atom stereocenters. The van der Waals surface area contributed by atoms with Gasteiger partial charge in [0, 0.05) is 11.5 Å². The lowest BCUT2D eigenvalue weighted by atomic mass is 9.74. The highest BCUT2D eigenvalue weighted by Gasteiger charge is 2.32. The maximum absolute atomic E-state index is 13.0. The normalized spacial score (nSPS) is 31.1. The Balaban J connectivity index is 1.40. The van der Waals surface area contributed by atoms with Crippen molar-refractivity contribution in [3.63, 3.8) is 0 Å². The summed E-state index contributed by atoms with van der Waals surface area (Å²) in [6.07, 6.45) is 10.6. The predicted octanol–water partition coefficient (Wildman–Crippen LogP) is 5.87. The van der Waals surface area contributed by atoms with Gasteiger partial charge in [0.1, 0.15) is 5.82 Å². The van der Waals surface area contributed by atoms with Gasteiger partial charge < -0.3 is 9.47 Å². The Labute approximate surface area is 145 Å². The zero-order valence-corrected chi connectivity index (χ0v) is 14.9. The van der Waals surface area contributed by atoms with Crippen LogP contribution in [0.1, 0.15) is 70.1 Å². The highest BCUT2D eigenvalue weighted by molar-refractivity contribution is 5.17. The maximum Gasteiger partial charge on any atom is 0.183 e. The van der Waals surface area contributed by atoms with Crippen LogP contribution in [0.3, 0.4) is 0 Å². The molecular weight excluding hydrogens is 303 g/mol. The number of rotatable bonds is 6. The van der Waals surface area contributed by atoms with Crippen molar-refractivity contribution < 1.29 is 13.9 Å². The van der Waals surface area contributed by atoms with Crippen molar-refractivity contribution in [2.24, 2.45) is 17.8 Å². The number of benzene rings is 1. The molecule has 1 aromatic carbocycles. The van der Waals surface area contributed by atoms with E-state index in [2.05, 4.69) is 6.92 Å². The molecule has 2 fully saturated rings. The molecule has 134 valence electrons. The topological polar surface area (TPSA) is 18.5 Å². The smallest absolute Gasteiger partial charge is 0.183 e. The lowest BCUT2D eigenvalue weighted by molar-refractivity contribution is -0.214. The largest absolute Gasteiger partial charge is 0.348 e. The second-order valence-electron chi connectivity index (χ2n) is 7.59. The molecule has 3 rings (SSSR count). The SMILES string of the molecule is CCCCC[C@H]1CC[C@H]([C@H]2CO[C@H](c3ccc(F)cc3)OC2)CC1. The van der Waals surface area contributed by atoms with Gasteiger partial charge in [0.05, 0.1) is 13.2 Å². The van der Waals surface area contributed by atoms with Crippen molar-refractivity contribution in [2.75, 3.05) is 13.2 Å². The number of unbranched alkanes of at least 4 members (excludes halogenated alkanes) is 2. The molecule has 0 spiro atoms. The molecule has 0 amide bonds. The van der Waals surface area contributed by atoms with E-state index < -0.39 is 0 Å². The zero-order valence-electron chi connectivity index (χ0n) is 14.9. The van der Waals surface area contributed by atoms with Crippen LogP contribution < -0.4 is 0 Å². The maximum atomic E-state index is 13.0. The fourth-order valence-corrected chi connectivity index (χ4v) is 4.23. The van der Waals surface area contributed by atoms with Crippen LogP contribution in [0.2, 0.25) is 0 Å². The van der Waals surface area contributed by atoms with Gasteiger partial charge in [0.15, 0.2) is 6.29 Å². The van der Waals surface area contributed by atoms with E-state index in [9.17, 15) is 4.39 Å². The number of hydrogen-bond acceptors (Lipinski definition) is 2. The summed E-state index contributed by atoms with van der Waals surface area (Å²) in [5, 5.41) is 0. The first kappa shape index (κ1) is 17.9. The molecular formula is C21H31FO2. The van der Waals surface area contributed by atoms with E-state index in [0.29, 0.717) is 5.92 Å². The van der Waals surface area contributed by atoms with Gasteiger partial charge >= 0.3 is 0 Å². The summed E-state index contributed by atoms with van der Waals surface area (Å²) < 4.78 is 24.9. The molecule has 1 saturated heterocycles. The molecule has 0 N–H and O–H groups in total. The highest BCUT2D eigenvalue weighted by Crippen LogP contribution is 2.38. The van der Waals surface area contributed by atoms with Crippen molar-refractivity contribution in [3.05, 3.63) is 35.6 Å². The highest BCUT2D eigenvalue weighted by atomic mass is 19.1. The van der Waals surface area contributed by atoms with E-state index in [1.807, 2.05) is 0 Å². The monoisotopic (exact) mass is 334 g/mol. The van der Waals surface area contributed by atoms with Gasteiger partial charge in [0.2, 0.25) is 0 Å². The molecule has 0 atom stereocenters. The lowest BCUT2D eigenvalue weighted by Gasteiger charge is -2.38. The van der Waals surface area contributed by atoms with Gasteiger partial charge in [0.25, 0.3) is 0 Å². The standard InChI is InChI=1S/C21H31FO2/c1-2-3-4-5-16-6-8-17(9-7-16)19-14-23-21(24-15-19)18-10-12-20(22)13-11-18/h10-13,16-17,19,21H,2-9,14-15H2,1H3/t16-,17-,19-,21-. The fourth-order valence-electron chi connectivity index (χ4n) is 4.23. The Bertz CT molecular complexity index is 471. The summed E-state index contributed by atoms with van der Waals surface area (Å²) >= 11 is 0. The third-order valence-corrected chi connectivity index (χ3v) is 5.84. The van der Waals surface area contributed by atoms with Crippen molar-refractivity contribution in [1.82, 2.24) is 0 Å². The number of halogens is 1. The Hall–Kier alpha value is -0.930. The van der Waals surface area contributed by atoms with Crippen LogP contribution >= 0.6 is 0 Å². The summed E-state index contributed by atoms with van der Waals surface area (Å²) in [6, 6.07) is 6.44. The second kappa shape index (κ2) is 8.96. The van der Waals surface area contributed by atoms with Gasteiger partial charge in [-0.2, -0.15) is 0 Å². The average molecular weight is 334 g/mol. The Kier molecular flexibility index (Phi) is 6.67. The van der Waals surface area contributed by atoms with Crippen molar-refractivity contribution in [3.8, 4) is 0 Å². The first-order chi connectivity index (χ1) is 11.8. The van der Waals surface area contributed by atoms with Gasteiger partial charge in [-0.05, 0) is 36.8 Å². The summed E-state index contributed by atoms with van der Waals surface area (Å²) in [7, 11) is 0. The number of ether oxygens (including phenoxy) is 2. The van der Waals surface area contributed by atoms with Crippen LogP contribution in [0, 0.1) is 23.6 Å². The van der Waals surface area contributed by atoms with Gasteiger partial charge in [-0.15, -0.1) is 0 Å². The molecule has 2 aliphatic rings.